The van der Waals surface area contributed by atoms with Gasteiger partial charge >= 0.3 is 0 Å². The Bertz CT molecular complexity index is 720. The van der Waals surface area contributed by atoms with E-state index < -0.39 is 0 Å². The average molecular weight is 315 g/mol. The molecule has 0 N–H and O–H groups in total. The Labute approximate surface area is 134 Å². The van der Waals surface area contributed by atoms with E-state index in [0.29, 0.717) is 5.76 Å². The van der Waals surface area contributed by atoms with Crippen LogP contribution in [0.2, 0.25) is 0 Å². The molecule has 1 atom stereocenters. The Morgan fingerprint density at radius 2 is 2.13 bits per heavy atom. The molecule has 23 heavy (non-hydrogen) atoms. The van der Waals surface area contributed by atoms with E-state index in [4.69, 9.17) is 4.52 Å². The largest absolute Gasteiger partial charge is 0.351 e. The number of carbonyl (C=O) groups is 1. The van der Waals surface area contributed by atoms with E-state index in [1.165, 1.54) is 12.8 Å². The van der Waals surface area contributed by atoms with Gasteiger partial charge in [-0.25, -0.2) is 0 Å². The van der Waals surface area contributed by atoms with Gasteiger partial charge in [-0.1, -0.05) is 11.6 Å². The minimum atomic E-state index is -0.0981. The molecule has 4 rings (SSSR count). The molecule has 2 aliphatic rings. The Kier molecular flexibility index (Phi) is 3.63. The van der Waals surface area contributed by atoms with Crippen molar-refractivity contribution in [2.24, 2.45) is 0 Å². The van der Waals surface area contributed by atoms with Crippen LogP contribution in [0.4, 0.5) is 0 Å². The van der Waals surface area contributed by atoms with Crippen LogP contribution < -0.4 is 0 Å². The maximum Gasteiger partial charge on any atom is 0.293 e. The quantitative estimate of drug-likeness (QED) is 0.849. The van der Waals surface area contributed by atoms with Crippen molar-refractivity contribution in [3.63, 3.8) is 0 Å². The minimum absolute atomic E-state index is 0.00717. The monoisotopic (exact) mass is 315 g/mol. The van der Waals surface area contributed by atoms with Crippen LogP contribution in [0.1, 0.15) is 66.0 Å². The van der Waals surface area contributed by atoms with Gasteiger partial charge in [0.1, 0.15) is 5.82 Å². The Morgan fingerprint density at radius 1 is 1.22 bits per heavy atom. The zero-order valence-electron chi connectivity index (χ0n) is 13.4. The van der Waals surface area contributed by atoms with Crippen molar-refractivity contribution in [3.8, 4) is 0 Å². The first-order valence-corrected chi connectivity index (χ1v) is 8.40. The van der Waals surface area contributed by atoms with Gasteiger partial charge in [-0.2, -0.15) is 0 Å². The van der Waals surface area contributed by atoms with Gasteiger partial charge in [-0.15, -0.1) is 10.2 Å². The number of fused-ring (bicyclic) bond motifs is 1. The number of nitrogens with zero attached hydrogens (tertiary/aromatic N) is 5. The van der Waals surface area contributed by atoms with Gasteiger partial charge in [0, 0.05) is 25.6 Å². The molecule has 122 valence electrons. The third-order valence-electron chi connectivity index (χ3n) is 4.79. The summed E-state index contributed by atoms with van der Waals surface area (Å²) in [5.74, 6) is 2.21. The second-order valence-corrected chi connectivity index (χ2v) is 6.43. The Balaban J connectivity index is 1.63. The van der Waals surface area contributed by atoms with Crippen LogP contribution in [0.15, 0.2) is 10.6 Å². The molecule has 2 aliphatic heterocycles. The van der Waals surface area contributed by atoms with E-state index >= 15 is 0 Å². The van der Waals surface area contributed by atoms with Crippen molar-refractivity contribution in [2.45, 2.75) is 58.0 Å². The highest BCUT2D eigenvalue weighted by atomic mass is 16.5. The molecule has 1 saturated heterocycles. The van der Waals surface area contributed by atoms with Crippen LogP contribution >= 0.6 is 0 Å². The van der Waals surface area contributed by atoms with E-state index in [1.807, 2.05) is 11.8 Å². The normalized spacial score (nSPS) is 21.3. The number of amides is 1. The van der Waals surface area contributed by atoms with Gasteiger partial charge in [-0.05, 0) is 32.6 Å². The highest BCUT2D eigenvalue weighted by Crippen LogP contribution is 2.33. The van der Waals surface area contributed by atoms with Gasteiger partial charge in [0.15, 0.2) is 5.82 Å². The number of hydrogen-bond donors (Lipinski definition) is 0. The van der Waals surface area contributed by atoms with Crippen LogP contribution in [0.3, 0.4) is 0 Å². The summed E-state index contributed by atoms with van der Waals surface area (Å²) in [6, 6.07) is 1.69. The summed E-state index contributed by atoms with van der Waals surface area (Å²) < 4.78 is 7.38. The summed E-state index contributed by atoms with van der Waals surface area (Å²) in [4.78, 5) is 14.6. The Morgan fingerprint density at radius 3 is 2.96 bits per heavy atom. The van der Waals surface area contributed by atoms with E-state index in [0.717, 1.165) is 56.1 Å². The molecule has 0 aliphatic carbocycles. The summed E-state index contributed by atoms with van der Waals surface area (Å²) in [5, 5.41) is 12.6. The maximum atomic E-state index is 12.7. The molecule has 0 unspecified atom stereocenters. The molecular weight excluding hydrogens is 294 g/mol. The molecule has 1 amide bonds. The lowest BCUT2D eigenvalue weighted by Crippen LogP contribution is -2.32. The van der Waals surface area contributed by atoms with Crippen LogP contribution in [0.25, 0.3) is 0 Å². The summed E-state index contributed by atoms with van der Waals surface area (Å²) in [6.45, 7) is 3.50. The SMILES string of the molecule is Cc1cc(C(=O)N2CCC[C@H]2c2nnc3n2CCCCC3)on1. The summed E-state index contributed by atoms with van der Waals surface area (Å²) >= 11 is 0. The maximum absolute atomic E-state index is 12.7. The van der Waals surface area contributed by atoms with E-state index in [-0.39, 0.29) is 11.9 Å². The molecule has 0 aromatic carbocycles. The number of carbonyl (C=O) groups excluding carboxylic acids is 1. The fourth-order valence-electron chi connectivity index (χ4n) is 3.64. The second-order valence-electron chi connectivity index (χ2n) is 6.43. The molecular formula is C16H21N5O2. The molecule has 0 spiro atoms. The molecule has 0 saturated carbocycles. The molecule has 7 heteroatoms. The third kappa shape index (κ3) is 2.54. The van der Waals surface area contributed by atoms with E-state index in [9.17, 15) is 4.79 Å². The van der Waals surface area contributed by atoms with Crippen LogP contribution in [-0.2, 0) is 13.0 Å². The predicted molar refractivity (Wildman–Crippen MR) is 81.8 cm³/mol. The van der Waals surface area contributed by atoms with Crippen molar-refractivity contribution in [1.82, 2.24) is 24.8 Å². The first-order valence-electron chi connectivity index (χ1n) is 8.40. The minimum Gasteiger partial charge on any atom is -0.351 e. The lowest BCUT2D eigenvalue weighted by Gasteiger charge is -2.23. The van der Waals surface area contributed by atoms with E-state index in [1.54, 1.807) is 6.07 Å². The van der Waals surface area contributed by atoms with Crippen molar-refractivity contribution in [1.29, 1.82) is 0 Å². The van der Waals surface area contributed by atoms with Gasteiger partial charge < -0.3 is 14.0 Å². The summed E-state index contributed by atoms with van der Waals surface area (Å²) in [6.07, 6.45) is 6.44. The second kappa shape index (κ2) is 5.79. The molecule has 4 heterocycles. The molecule has 0 bridgehead atoms. The number of aromatic nitrogens is 4. The lowest BCUT2D eigenvalue weighted by atomic mass is 10.2. The molecule has 0 radical (unpaired) electrons. The third-order valence-corrected chi connectivity index (χ3v) is 4.79. The van der Waals surface area contributed by atoms with Crippen molar-refractivity contribution in [2.75, 3.05) is 6.54 Å². The van der Waals surface area contributed by atoms with Gasteiger partial charge in [0.05, 0.1) is 11.7 Å². The smallest absolute Gasteiger partial charge is 0.293 e. The number of hydrogen-bond acceptors (Lipinski definition) is 5. The number of likely N-dealkylation sites (tertiary alicyclic amines) is 1. The zero-order chi connectivity index (χ0) is 15.8. The van der Waals surface area contributed by atoms with Crippen LogP contribution in [0.5, 0.6) is 0 Å². The highest BCUT2D eigenvalue weighted by Gasteiger charge is 2.36. The summed E-state index contributed by atoms with van der Waals surface area (Å²) in [7, 11) is 0. The zero-order valence-corrected chi connectivity index (χ0v) is 13.4. The molecule has 7 nitrogen and oxygen atoms in total. The number of aryl methyl sites for hydroxylation is 2. The van der Waals surface area contributed by atoms with Crippen molar-refractivity contribution < 1.29 is 9.32 Å². The lowest BCUT2D eigenvalue weighted by molar-refractivity contribution is 0.0684. The average Bonchev–Trinajstić information content (AvgIpc) is 3.23. The van der Waals surface area contributed by atoms with Crippen molar-refractivity contribution in [3.05, 3.63) is 29.2 Å². The Hall–Kier alpha value is -2.18. The van der Waals surface area contributed by atoms with Crippen molar-refractivity contribution >= 4 is 5.91 Å². The first-order chi connectivity index (χ1) is 11.2. The summed E-state index contributed by atoms with van der Waals surface area (Å²) in [5.41, 5.74) is 0.723. The first kappa shape index (κ1) is 14.4. The predicted octanol–water partition coefficient (Wildman–Crippen LogP) is 2.28. The molecule has 2 aromatic heterocycles. The van der Waals surface area contributed by atoms with Gasteiger partial charge in [0.25, 0.3) is 5.91 Å². The number of rotatable bonds is 2. The topological polar surface area (TPSA) is 77.0 Å². The molecule has 1 fully saturated rings. The molecule has 2 aromatic rings. The fourth-order valence-corrected chi connectivity index (χ4v) is 3.64. The van der Waals surface area contributed by atoms with Crippen LogP contribution in [0, 0.1) is 6.92 Å². The van der Waals surface area contributed by atoms with E-state index in [2.05, 4.69) is 19.9 Å². The standard InChI is InChI=1S/C16H21N5O2/c1-11-10-13(23-19-11)16(22)20-9-5-6-12(20)15-18-17-14-7-3-2-4-8-21(14)15/h10,12H,2-9H2,1H3/t12-/m0/s1. The van der Waals surface area contributed by atoms with Crippen LogP contribution in [-0.4, -0.2) is 37.3 Å². The van der Waals surface area contributed by atoms with Gasteiger partial charge in [-0.3, -0.25) is 4.79 Å². The fraction of sp³-hybridized carbons (Fsp3) is 0.625. The highest BCUT2D eigenvalue weighted by molar-refractivity contribution is 5.91. The van der Waals surface area contributed by atoms with Gasteiger partial charge in [0.2, 0.25) is 5.76 Å².